The number of hydrogen-bond donors (Lipinski definition) is 2. The van der Waals surface area contributed by atoms with Crippen molar-refractivity contribution in [2.45, 2.75) is 50.8 Å². The summed E-state index contributed by atoms with van der Waals surface area (Å²) < 4.78 is 0. The van der Waals surface area contributed by atoms with Crippen molar-refractivity contribution in [3.63, 3.8) is 0 Å². The van der Waals surface area contributed by atoms with Crippen LogP contribution in [0.15, 0.2) is 30.3 Å². The minimum Gasteiger partial charge on any atom is -0.382 e. The molecule has 19 heavy (non-hydrogen) atoms. The van der Waals surface area contributed by atoms with Gasteiger partial charge in [-0.2, -0.15) is 0 Å². The Morgan fingerprint density at radius 2 is 1.79 bits per heavy atom. The Morgan fingerprint density at radius 3 is 2.32 bits per heavy atom. The quantitative estimate of drug-likeness (QED) is 0.873. The summed E-state index contributed by atoms with van der Waals surface area (Å²) in [4.78, 5) is 2.41. The van der Waals surface area contributed by atoms with Crippen molar-refractivity contribution in [2.24, 2.45) is 5.73 Å². The van der Waals surface area contributed by atoms with Crippen LogP contribution in [0.25, 0.3) is 0 Å². The van der Waals surface area contributed by atoms with Gasteiger partial charge < -0.3 is 10.8 Å². The van der Waals surface area contributed by atoms with Crippen LogP contribution in [0, 0.1) is 0 Å². The second-order valence-electron chi connectivity index (χ2n) is 5.90. The molecule has 3 atom stereocenters. The van der Waals surface area contributed by atoms with Gasteiger partial charge in [-0.3, -0.25) is 4.90 Å². The van der Waals surface area contributed by atoms with Gasteiger partial charge in [0.2, 0.25) is 0 Å². The standard InChI is InChI=1S/C16H26N2O/c1-13-7-6-8-14(2)18(13)12-16(19,11-17)15-9-4-3-5-10-15/h3-5,9-10,13-14,19H,6-8,11-12,17H2,1-2H3. The van der Waals surface area contributed by atoms with E-state index in [1.54, 1.807) is 0 Å². The molecule has 1 aromatic rings. The number of likely N-dealkylation sites (tertiary alicyclic amines) is 1. The normalized spacial score (nSPS) is 28.0. The molecule has 1 fully saturated rings. The summed E-state index contributed by atoms with van der Waals surface area (Å²) in [6, 6.07) is 10.8. The van der Waals surface area contributed by atoms with Crippen LogP contribution in [-0.4, -0.2) is 35.2 Å². The molecule has 1 aliphatic heterocycles. The van der Waals surface area contributed by atoms with Crippen molar-refractivity contribution in [1.29, 1.82) is 0 Å². The highest BCUT2D eigenvalue weighted by molar-refractivity contribution is 5.23. The molecule has 1 aliphatic rings. The van der Waals surface area contributed by atoms with Crippen LogP contribution in [0.5, 0.6) is 0 Å². The van der Waals surface area contributed by atoms with Gasteiger partial charge in [0, 0.05) is 25.2 Å². The lowest BCUT2D eigenvalue weighted by Crippen LogP contribution is -2.53. The monoisotopic (exact) mass is 262 g/mol. The Kier molecular flexibility index (Phi) is 4.61. The van der Waals surface area contributed by atoms with Gasteiger partial charge in [0.1, 0.15) is 5.60 Å². The van der Waals surface area contributed by atoms with Crippen molar-refractivity contribution in [1.82, 2.24) is 4.90 Å². The van der Waals surface area contributed by atoms with Crippen molar-refractivity contribution in [3.05, 3.63) is 35.9 Å². The predicted octanol–water partition coefficient (Wildman–Crippen LogP) is 2.10. The van der Waals surface area contributed by atoms with E-state index < -0.39 is 5.60 Å². The molecule has 3 N–H and O–H groups in total. The first-order valence-corrected chi connectivity index (χ1v) is 7.30. The Labute approximate surface area is 116 Å². The van der Waals surface area contributed by atoms with Crippen molar-refractivity contribution >= 4 is 0 Å². The molecule has 0 amide bonds. The molecule has 3 unspecified atom stereocenters. The van der Waals surface area contributed by atoms with Crippen molar-refractivity contribution < 1.29 is 5.11 Å². The molecule has 106 valence electrons. The molecule has 0 radical (unpaired) electrons. The lowest BCUT2D eigenvalue weighted by Gasteiger charge is -2.43. The number of hydrogen-bond acceptors (Lipinski definition) is 3. The fraction of sp³-hybridized carbons (Fsp3) is 0.625. The summed E-state index contributed by atoms with van der Waals surface area (Å²) in [5.74, 6) is 0. The van der Waals surface area contributed by atoms with Crippen LogP contribution in [0.2, 0.25) is 0 Å². The van der Waals surface area contributed by atoms with E-state index in [0.29, 0.717) is 18.6 Å². The van der Waals surface area contributed by atoms with Crippen LogP contribution in [0.4, 0.5) is 0 Å². The fourth-order valence-electron chi connectivity index (χ4n) is 3.11. The maximum atomic E-state index is 10.9. The predicted molar refractivity (Wildman–Crippen MR) is 78.9 cm³/mol. The van der Waals surface area contributed by atoms with Crippen LogP contribution in [0.1, 0.15) is 38.7 Å². The second kappa shape index (κ2) is 6.04. The fourth-order valence-corrected chi connectivity index (χ4v) is 3.11. The largest absolute Gasteiger partial charge is 0.382 e. The molecule has 2 rings (SSSR count). The van der Waals surface area contributed by atoms with Gasteiger partial charge in [0.05, 0.1) is 0 Å². The van der Waals surface area contributed by atoms with Crippen LogP contribution in [0.3, 0.4) is 0 Å². The van der Waals surface area contributed by atoms with Crippen LogP contribution in [-0.2, 0) is 5.60 Å². The van der Waals surface area contributed by atoms with Gasteiger partial charge in [-0.05, 0) is 32.3 Å². The van der Waals surface area contributed by atoms with E-state index in [4.69, 9.17) is 5.73 Å². The molecule has 1 aromatic carbocycles. The zero-order valence-corrected chi connectivity index (χ0v) is 12.0. The molecule has 0 aliphatic carbocycles. The molecule has 1 saturated heterocycles. The first kappa shape index (κ1) is 14.5. The molecular weight excluding hydrogens is 236 g/mol. The Balaban J connectivity index is 2.18. The van der Waals surface area contributed by atoms with Crippen molar-refractivity contribution in [3.8, 4) is 0 Å². The van der Waals surface area contributed by atoms with Crippen molar-refractivity contribution in [2.75, 3.05) is 13.1 Å². The summed E-state index contributed by atoms with van der Waals surface area (Å²) in [5, 5.41) is 10.9. The average molecular weight is 262 g/mol. The third kappa shape index (κ3) is 3.16. The first-order chi connectivity index (χ1) is 9.07. The number of rotatable bonds is 4. The number of benzene rings is 1. The first-order valence-electron chi connectivity index (χ1n) is 7.30. The summed E-state index contributed by atoms with van der Waals surface area (Å²) in [5.41, 5.74) is 5.85. The molecule has 1 heterocycles. The Bertz CT molecular complexity index is 385. The van der Waals surface area contributed by atoms with Gasteiger partial charge in [-0.15, -0.1) is 0 Å². The van der Waals surface area contributed by atoms with E-state index in [0.717, 1.165) is 5.56 Å². The summed E-state index contributed by atoms with van der Waals surface area (Å²) in [6.45, 7) is 5.37. The number of nitrogens with zero attached hydrogens (tertiary/aromatic N) is 1. The number of aliphatic hydroxyl groups is 1. The maximum Gasteiger partial charge on any atom is 0.114 e. The SMILES string of the molecule is CC1CCCC(C)N1CC(O)(CN)c1ccccc1. The lowest BCUT2D eigenvalue weighted by atomic mass is 9.89. The Morgan fingerprint density at radius 1 is 1.21 bits per heavy atom. The van der Waals surface area contributed by atoms with Gasteiger partial charge in [-0.25, -0.2) is 0 Å². The number of β-amino-alcohol motifs (C(OH)–C–C–N with tert-alkyl or cyclic N) is 1. The average Bonchev–Trinajstić information content (AvgIpc) is 2.44. The molecule has 0 spiro atoms. The van der Waals surface area contributed by atoms with Gasteiger partial charge in [0.25, 0.3) is 0 Å². The molecule has 0 bridgehead atoms. The summed E-state index contributed by atoms with van der Waals surface area (Å²) in [7, 11) is 0. The van der Waals surface area contributed by atoms with E-state index in [-0.39, 0.29) is 6.54 Å². The van der Waals surface area contributed by atoms with E-state index in [9.17, 15) is 5.11 Å². The third-order valence-electron chi connectivity index (χ3n) is 4.47. The van der Waals surface area contributed by atoms with Gasteiger partial charge >= 0.3 is 0 Å². The zero-order valence-electron chi connectivity index (χ0n) is 12.0. The van der Waals surface area contributed by atoms with E-state index in [1.807, 2.05) is 30.3 Å². The van der Waals surface area contributed by atoms with Gasteiger partial charge in [0.15, 0.2) is 0 Å². The molecule has 0 saturated carbocycles. The maximum absolute atomic E-state index is 10.9. The lowest BCUT2D eigenvalue weighted by molar-refractivity contribution is -0.0287. The summed E-state index contributed by atoms with van der Waals surface area (Å²) >= 11 is 0. The molecule has 3 heteroatoms. The highest BCUT2D eigenvalue weighted by Gasteiger charge is 2.35. The molecule has 3 nitrogen and oxygen atoms in total. The highest BCUT2D eigenvalue weighted by Crippen LogP contribution is 2.28. The second-order valence-corrected chi connectivity index (χ2v) is 5.90. The van der Waals surface area contributed by atoms with E-state index >= 15 is 0 Å². The number of nitrogens with two attached hydrogens (primary N) is 1. The topological polar surface area (TPSA) is 49.5 Å². The van der Waals surface area contributed by atoms with E-state index in [1.165, 1.54) is 19.3 Å². The highest BCUT2D eigenvalue weighted by atomic mass is 16.3. The zero-order chi connectivity index (χ0) is 13.9. The molecular formula is C16H26N2O. The minimum atomic E-state index is -0.943. The van der Waals surface area contributed by atoms with Gasteiger partial charge in [-0.1, -0.05) is 36.8 Å². The van der Waals surface area contributed by atoms with Crippen LogP contribution >= 0.6 is 0 Å². The minimum absolute atomic E-state index is 0.257. The molecule has 0 aromatic heterocycles. The smallest absolute Gasteiger partial charge is 0.114 e. The van der Waals surface area contributed by atoms with Crippen LogP contribution < -0.4 is 5.73 Å². The van der Waals surface area contributed by atoms with E-state index in [2.05, 4.69) is 18.7 Å². The number of piperidine rings is 1. The third-order valence-corrected chi connectivity index (χ3v) is 4.47. The summed E-state index contributed by atoms with van der Waals surface area (Å²) in [6.07, 6.45) is 3.70. The Hall–Kier alpha value is -0.900.